The summed E-state index contributed by atoms with van der Waals surface area (Å²) < 4.78 is 1.72. The summed E-state index contributed by atoms with van der Waals surface area (Å²) in [5.41, 5.74) is 7.75. The molecular formula is C13H18Br2N2O. The second kappa shape index (κ2) is 6.68. The van der Waals surface area contributed by atoms with Crippen molar-refractivity contribution in [2.45, 2.75) is 33.2 Å². The van der Waals surface area contributed by atoms with E-state index in [4.69, 9.17) is 5.73 Å². The van der Waals surface area contributed by atoms with Crippen LogP contribution >= 0.6 is 31.9 Å². The van der Waals surface area contributed by atoms with Gasteiger partial charge in [-0.05, 0) is 62.4 Å². The first-order valence-electron chi connectivity index (χ1n) is 5.82. The molecule has 0 heterocycles. The zero-order chi connectivity index (χ0) is 13.9. The van der Waals surface area contributed by atoms with Gasteiger partial charge >= 0.3 is 0 Å². The topological polar surface area (TPSA) is 55.1 Å². The van der Waals surface area contributed by atoms with E-state index in [0.717, 1.165) is 20.2 Å². The number of benzene rings is 1. The minimum absolute atomic E-state index is 0.0681. The Labute approximate surface area is 125 Å². The Morgan fingerprint density at radius 3 is 2.28 bits per heavy atom. The predicted molar refractivity (Wildman–Crippen MR) is 82.6 cm³/mol. The molecule has 0 aliphatic carbocycles. The van der Waals surface area contributed by atoms with Gasteiger partial charge in [-0.3, -0.25) is 4.79 Å². The lowest BCUT2D eigenvalue weighted by atomic mass is 10.0. The van der Waals surface area contributed by atoms with E-state index in [-0.39, 0.29) is 11.9 Å². The molecule has 1 aromatic rings. The van der Waals surface area contributed by atoms with E-state index < -0.39 is 0 Å². The third-order valence-electron chi connectivity index (χ3n) is 2.73. The van der Waals surface area contributed by atoms with Gasteiger partial charge in [0.05, 0.1) is 5.69 Å². The van der Waals surface area contributed by atoms with Crippen LogP contribution in [0, 0.1) is 12.8 Å². The number of halogens is 2. The molecular weight excluding hydrogens is 360 g/mol. The van der Waals surface area contributed by atoms with Gasteiger partial charge in [-0.1, -0.05) is 13.8 Å². The van der Waals surface area contributed by atoms with E-state index in [2.05, 4.69) is 37.2 Å². The third-order valence-corrected chi connectivity index (χ3v) is 3.98. The molecule has 0 saturated heterocycles. The monoisotopic (exact) mass is 376 g/mol. The van der Waals surface area contributed by atoms with Crippen molar-refractivity contribution in [1.82, 2.24) is 0 Å². The summed E-state index contributed by atoms with van der Waals surface area (Å²) in [4.78, 5) is 11.9. The minimum atomic E-state index is -0.118. The standard InChI is InChI=1S/C13H18Br2N2O/c1-7(2)11(16)6-12(18)17-13-9(14)4-8(3)5-10(13)15/h4-5,7,11H,6,16H2,1-3H3,(H,17,18). The van der Waals surface area contributed by atoms with Crippen molar-refractivity contribution in [3.63, 3.8) is 0 Å². The number of rotatable bonds is 4. The van der Waals surface area contributed by atoms with Gasteiger partial charge in [0.1, 0.15) is 0 Å². The van der Waals surface area contributed by atoms with Gasteiger partial charge in [0.25, 0.3) is 0 Å². The average molecular weight is 378 g/mol. The molecule has 1 atom stereocenters. The fraction of sp³-hybridized carbons (Fsp3) is 0.462. The zero-order valence-corrected chi connectivity index (χ0v) is 13.9. The summed E-state index contributed by atoms with van der Waals surface area (Å²) in [6.45, 7) is 6.01. The number of hydrogen-bond donors (Lipinski definition) is 2. The summed E-state index contributed by atoms with van der Waals surface area (Å²) in [5.74, 6) is 0.224. The number of carbonyl (C=O) groups excluding carboxylic acids is 1. The van der Waals surface area contributed by atoms with Gasteiger partial charge in [-0.25, -0.2) is 0 Å². The lowest BCUT2D eigenvalue weighted by molar-refractivity contribution is -0.116. The Hall–Kier alpha value is -0.390. The first-order valence-corrected chi connectivity index (χ1v) is 7.41. The average Bonchev–Trinajstić information content (AvgIpc) is 2.23. The number of aryl methyl sites for hydroxylation is 1. The van der Waals surface area contributed by atoms with Crippen LogP contribution in [0.15, 0.2) is 21.1 Å². The second-order valence-corrected chi connectivity index (χ2v) is 6.47. The van der Waals surface area contributed by atoms with Crippen molar-refractivity contribution < 1.29 is 4.79 Å². The maximum Gasteiger partial charge on any atom is 0.226 e. The molecule has 3 nitrogen and oxygen atoms in total. The van der Waals surface area contributed by atoms with Crippen LogP contribution in [-0.4, -0.2) is 11.9 Å². The lowest BCUT2D eigenvalue weighted by Gasteiger charge is -2.16. The van der Waals surface area contributed by atoms with E-state index in [1.54, 1.807) is 0 Å². The largest absolute Gasteiger partial charge is 0.327 e. The van der Waals surface area contributed by atoms with Crippen molar-refractivity contribution in [3.8, 4) is 0 Å². The van der Waals surface area contributed by atoms with Crippen LogP contribution in [0.25, 0.3) is 0 Å². The van der Waals surface area contributed by atoms with E-state index >= 15 is 0 Å². The predicted octanol–water partition coefficient (Wildman–Crippen LogP) is 3.83. The smallest absolute Gasteiger partial charge is 0.226 e. The van der Waals surface area contributed by atoms with Crippen LogP contribution < -0.4 is 11.1 Å². The summed E-state index contributed by atoms with van der Waals surface area (Å²) in [6, 6.07) is 3.80. The van der Waals surface area contributed by atoms with E-state index in [9.17, 15) is 4.79 Å². The number of amides is 1. The number of nitrogens with two attached hydrogens (primary N) is 1. The molecule has 3 N–H and O–H groups in total. The van der Waals surface area contributed by atoms with Crippen LogP contribution in [0.3, 0.4) is 0 Å². The van der Waals surface area contributed by atoms with Crippen LogP contribution in [0.2, 0.25) is 0 Å². The zero-order valence-electron chi connectivity index (χ0n) is 10.8. The number of anilines is 1. The second-order valence-electron chi connectivity index (χ2n) is 4.76. The third kappa shape index (κ3) is 4.37. The Morgan fingerprint density at radius 1 is 1.33 bits per heavy atom. The van der Waals surface area contributed by atoms with Crippen LogP contribution in [0.4, 0.5) is 5.69 Å². The van der Waals surface area contributed by atoms with Crippen LogP contribution in [-0.2, 0) is 4.79 Å². The maximum absolute atomic E-state index is 11.9. The molecule has 1 rings (SSSR count). The van der Waals surface area contributed by atoms with Crippen molar-refractivity contribution in [3.05, 3.63) is 26.6 Å². The highest BCUT2D eigenvalue weighted by Crippen LogP contribution is 2.32. The summed E-state index contributed by atoms with van der Waals surface area (Å²) >= 11 is 6.89. The first-order chi connectivity index (χ1) is 8.31. The van der Waals surface area contributed by atoms with Crippen molar-refractivity contribution in [1.29, 1.82) is 0 Å². The molecule has 0 spiro atoms. The fourth-order valence-electron chi connectivity index (χ4n) is 1.46. The highest BCUT2D eigenvalue weighted by atomic mass is 79.9. The van der Waals surface area contributed by atoms with Crippen LogP contribution in [0.1, 0.15) is 25.8 Å². The molecule has 0 radical (unpaired) electrons. The van der Waals surface area contributed by atoms with Crippen molar-refractivity contribution >= 4 is 43.5 Å². The molecule has 1 amide bonds. The number of hydrogen-bond acceptors (Lipinski definition) is 2. The Kier molecular flexibility index (Phi) is 5.82. The Morgan fingerprint density at radius 2 is 1.83 bits per heavy atom. The highest BCUT2D eigenvalue weighted by Gasteiger charge is 2.15. The van der Waals surface area contributed by atoms with Gasteiger partial charge in [0.15, 0.2) is 0 Å². The molecule has 0 aliphatic heterocycles. The summed E-state index contributed by atoms with van der Waals surface area (Å²) in [7, 11) is 0. The van der Waals surface area contributed by atoms with Gasteiger partial charge in [-0.15, -0.1) is 0 Å². The van der Waals surface area contributed by atoms with Crippen molar-refractivity contribution in [2.75, 3.05) is 5.32 Å². The van der Waals surface area contributed by atoms with Gasteiger partial charge in [0.2, 0.25) is 5.91 Å². The summed E-state index contributed by atoms with van der Waals surface area (Å²) in [5, 5.41) is 2.88. The lowest BCUT2D eigenvalue weighted by Crippen LogP contribution is -2.31. The normalized spacial score (nSPS) is 12.6. The molecule has 18 heavy (non-hydrogen) atoms. The molecule has 0 fully saturated rings. The molecule has 0 aromatic heterocycles. The van der Waals surface area contributed by atoms with E-state index in [0.29, 0.717) is 12.3 Å². The number of nitrogens with one attached hydrogen (secondary N) is 1. The molecule has 0 aliphatic rings. The number of carbonyl (C=O) groups is 1. The first kappa shape index (κ1) is 15.7. The Balaban J connectivity index is 2.77. The minimum Gasteiger partial charge on any atom is -0.327 e. The molecule has 0 saturated carbocycles. The molecule has 5 heteroatoms. The van der Waals surface area contributed by atoms with Crippen LogP contribution in [0.5, 0.6) is 0 Å². The van der Waals surface area contributed by atoms with Gasteiger partial charge in [-0.2, -0.15) is 0 Å². The maximum atomic E-state index is 11.9. The quantitative estimate of drug-likeness (QED) is 0.837. The van der Waals surface area contributed by atoms with Crippen molar-refractivity contribution in [2.24, 2.45) is 11.7 Å². The van der Waals surface area contributed by atoms with Gasteiger partial charge < -0.3 is 11.1 Å². The summed E-state index contributed by atoms with van der Waals surface area (Å²) in [6.07, 6.45) is 0.324. The molecule has 0 bridgehead atoms. The molecule has 1 unspecified atom stereocenters. The van der Waals surface area contributed by atoms with Gasteiger partial charge in [0, 0.05) is 21.4 Å². The Bertz CT molecular complexity index is 424. The fourth-order valence-corrected chi connectivity index (χ4v) is 3.07. The molecule has 1 aromatic carbocycles. The van der Waals surface area contributed by atoms with E-state index in [1.165, 1.54) is 0 Å². The molecule has 100 valence electrons. The SMILES string of the molecule is Cc1cc(Br)c(NC(=O)CC(N)C(C)C)c(Br)c1. The van der Waals surface area contributed by atoms with E-state index in [1.807, 2.05) is 32.9 Å². The highest BCUT2D eigenvalue weighted by molar-refractivity contribution is 9.11.